The quantitative estimate of drug-likeness (QED) is 0.567. The number of aliphatic carboxylic acids is 1. The Labute approximate surface area is 103 Å². The van der Waals surface area contributed by atoms with E-state index < -0.39 is 12.1 Å². The number of aliphatic hydroxyl groups excluding tert-OH is 1. The molecule has 0 radical (unpaired) electrons. The average molecular weight is 272 g/mol. The Hall–Kier alpha value is -0.860. The molecule has 1 aliphatic carbocycles. The largest absolute Gasteiger partial charge is 0.490 e. The van der Waals surface area contributed by atoms with Crippen LogP contribution >= 0.6 is 0 Å². The number of hydrogen-bond donors (Lipinski definition) is 4. The van der Waals surface area contributed by atoms with Crippen LogP contribution in [0, 0.1) is 5.92 Å². The van der Waals surface area contributed by atoms with Gasteiger partial charge in [-0.05, 0) is 38.1 Å². The standard InChI is InChI=1S/C8H18N2O.C2HF3O2/c9-5-7-1-3-8(4-2-7)10-6-11;3-2(4,5)1(6)7/h7-8,10-11H,1-6,9H2;(H,6,7)/t7-,8-;. The zero-order chi connectivity index (χ0) is 14.2. The van der Waals surface area contributed by atoms with Gasteiger partial charge in [0, 0.05) is 6.04 Å². The first kappa shape index (κ1) is 17.1. The molecule has 0 heterocycles. The summed E-state index contributed by atoms with van der Waals surface area (Å²) >= 11 is 0. The molecular formula is C10H19F3N2O3. The summed E-state index contributed by atoms with van der Waals surface area (Å²) in [5.74, 6) is -2.03. The number of nitrogens with two attached hydrogens (primary N) is 1. The van der Waals surface area contributed by atoms with Crippen molar-refractivity contribution in [1.82, 2.24) is 5.32 Å². The monoisotopic (exact) mass is 272 g/mol. The number of carboxylic acids is 1. The summed E-state index contributed by atoms with van der Waals surface area (Å²) in [5.41, 5.74) is 5.55. The SMILES string of the molecule is NC[C@H]1CC[C@H](NCO)CC1.O=C(O)C(F)(F)F. The van der Waals surface area contributed by atoms with Crippen LogP contribution in [0.1, 0.15) is 25.7 Å². The third-order valence-corrected chi connectivity index (χ3v) is 2.80. The van der Waals surface area contributed by atoms with Gasteiger partial charge in [-0.25, -0.2) is 4.79 Å². The maximum absolute atomic E-state index is 10.6. The number of halogens is 3. The van der Waals surface area contributed by atoms with E-state index in [0.29, 0.717) is 6.04 Å². The molecule has 0 saturated heterocycles. The topological polar surface area (TPSA) is 95.6 Å². The fourth-order valence-corrected chi connectivity index (χ4v) is 1.73. The fourth-order valence-electron chi connectivity index (χ4n) is 1.73. The lowest BCUT2D eigenvalue weighted by atomic mass is 9.86. The van der Waals surface area contributed by atoms with E-state index in [4.69, 9.17) is 20.7 Å². The van der Waals surface area contributed by atoms with Gasteiger partial charge in [-0.3, -0.25) is 5.32 Å². The van der Waals surface area contributed by atoms with Crippen molar-refractivity contribution in [2.75, 3.05) is 13.3 Å². The van der Waals surface area contributed by atoms with Crippen molar-refractivity contribution in [2.45, 2.75) is 37.9 Å². The fraction of sp³-hybridized carbons (Fsp3) is 0.900. The molecule has 8 heteroatoms. The first-order valence-electron chi connectivity index (χ1n) is 5.65. The highest BCUT2D eigenvalue weighted by Crippen LogP contribution is 2.22. The molecule has 5 N–H and O–H groups in total. The summed E-state index contributed by atoms with van der Waals surface area (Å²) in [6.45, 7) is 0.934. The summed E-state index contributed by atoms with van der Waals surface area (Å²) in [5, 5.41) is 18.8. The van der Waals surface area contributed by atoms with Crippen LogP contribution in [0.4, 0.5) is 13.2 Å². The van der Waals surface area contributed by atoms with Crippen LogP contribution in [-0.4, -0.2) is 41.7 Å². The highest BCUT2D eigenvalue weighted by Gasteiger charge is 2.38. The number of carboxylic acid groups (broad SMARTS) is 1. The summed E-state index contributed by atoms with van der Waals surface area (Å²) in [7, 11) is 0. The van der Waals surface area contributed by atoms with Crippen molar-refractivity contribution in [2.24, 2.45) is 11.7 Å². The number of rotatable bonds is 3. The minimum absolute atomic E-state index is 0.109. The van der Waals surface area contributed by atoms with Gasteiger partial charge < -0.3 is 15.9 Å². The number of carbonyl (C=O) groups is 1. The van der Waals surface area contributed by atoms with Gasteiger partial charge in [0.2, 0.25) is 0 Å². The van der Waals surface area contributed by atoms with Gasteiger partial charge in [0.25, 0.3) is 0 Å². The molecule has 0 aromatic carbocycles. The molecule has 0 unspecified atom stereocenters. The van der Waals surface area contributed by atoms with Crippen LogP contribution in [0.5, 0.6) is 0 Å². The van der Waals surface area contributed by atoms with Gasteiger partial charge in [-0.2, -0.15) is 13.2 Å². The maximum atomic E-state index is 10.6. The minimum Gasteiger partial charge on any atom is -0.475 e. The minimum atomic E-state index is -5.08. The van der Waals surface area contributed by atoms with Gasteiger partial charge in [0.05, 0.1) is 6.73 Å². The predicted octanol–water partition coefficient (Wildman–Crippen LogP) is 0.677. The molecule has 0 amide bonds. The second-order valence-corrected chi connectivity index (χ2v) is 4.12. The van der Waals surface area contributed by atoms with Gasteiger partial charge in [-0.1, -0.05) is 0 Å². The zero-order valence-electron chi connectivity index (χ0n) is 9.91. The molecule has 1 fully saturated rings. The molecule has 1 saturated carbocycles. The van der Waals surface area contributed by atoms with Crippen molar-refractivity contribution in [3.8, 4) is 0 Å². The van der Waals surface area contributed by atoms with E-state index in [2.05, 4.69) is 5.32 Å². The Kier molecular flexibility index (Phi) is 7.88. The maximum Gasteiger partial charge on any atom is 0.490 e. The van der Waals surface area contributed by atoms with E-state index in [0.717, 1.165) is 12.5 Å². The highest BCUT2D eigenvalue weighted by molar-refractivity contribution is 5.73. The first-order valence-corrected chi connectivity index (χ1v) is 5.65. The van der Waals surface area contributed by atoms with Crippen LogP contribution in [0.3, 0.4) is 0 Å². The average Bonchev–Trinajstić information content (AvgIpc) is 2.30. The second kappa shape index (κ2) is 8.28. The molecule has 0 aliphatic heterocycles. The summed E-state index contributed by atoms with van der Waals surface area (Å²) in [4.78, 5) is 8.90. The van der Waals surface area contributed by atoms with E-state index in [-0.39, 0.29) is 6.73 Å². The molecule has 108 valence electrons. The van der Waals surface area contributed by atoms with Crippen molar-refractivity contribution in [1.29, 1.82) is 0 Å². The molecule has 1 aliphatic rings. The van der Waals surface area contributed by atoms with Gasteiger partial charge >= 0.3 is 12.1 Å². The number of nitrogens with one attached hydrogen (secondary N) is 1. The molecule has 0 atom stereocenters. The predicted molar refractivity (Wildman–Crippen MR) is 58.7 cm³/mol. The third-order valence-electron chi connectivity index (χ3n) is 2.80. The van der Waals surface area contributed by atoms with Gasteiger partial charge in [0.1, 0.15) is 0 Å². The summed E-state index contributed by atoms with van der Waals surface area (Å²) < 4.78 is 31.7. The molecule has 0 bridgehead atoms. The van der Waals surface area contributed by atoms with E-state index in [1.54, 1.807) is 0 Å². The molecule has 0 spiro atoms. The van der Waals surface area contributed by atoms with E-state index in [1.807, 2.05) is 0 Å². The Morgan fingerprint density at radius 2 is 1.72 bits per heavy atom. The Bertz CT molecular complexity index is 241. The van der Waals surface area contributed by atoms with Crippen LogP contribution in [0.25, 0.3) is 0 Å². The second-order valence-electron chi connectivity index (χ2n) is 4.12. The molecule has 18 heavy (non-hydrogen) atoms. The Balaban J connectivity index is 0.000000360. The third kappa shape index (κ3) is 7.46. The van der Waals surface area contributed by atoms with Crippen molar-refractivity contribution in [3.05, 3.63) is 0 Å². The Morgan fingerprint density at radius 3 is 2.00 bits per heavy atom. The Morgan fingerprint density at radius 1 is 1.28 bits per heavy atom. The summed E-state index contributed by atoms with van der Waals surface area (Å²) in [6.07, 6.45) is -0.312. The van der Waals surface area contributed by atoms with Crippen molar-refractivity contribution < 1.29 is 28.2 Å². The zero-order valence-corrected chi connectivity index (χ0v) is 9.91. The van der Waals surface area contributed by atoms with Crippen molar-refractivity contribution in [3.63, 3.8) is 0 Å². The molecule has 0 aromatic heterocycles. The van der Waals surface area contributed by atoms with E-state index >= 15 is 0 Å². The van der Waals surface area contributed by atoms with Crippen LogP contribution in [-0.2, 0) is 4.79 Å². The van der Waals surface area contributed by atoms with Crippen LogP contribution < -0.4 is 11.1 Å². The molecule has 1 rings (SSSR count). The molecule has 0 aromatic rings. The smallest absolute Gasteiger partial charge is 0.475 e. The number of hydrogen-bond acceptors (Lipinski definition) is 4. The lowest BCUT2D eigenvalue weighted by Gasteiger charge is -2.27. The molecular weight excluding hydrogens is 253 g/mol. The highest BCUT2D eigenvalue weighted by atomic mass is 19.4. The lowest BCUT2D eigenvalue weighted by molar-refractivity contribution is -0.192. The number of aliphatic hydroxyl groups is 1. The number of alkyl halides is 3. The van der Waals surface area contributed by atoms with Crippen LogP contribution in [0.2, 0.25) is 0 Å². The van der Waals surface area contributed by atoms with Crippen molar-refractivity contribution >= 4 is 5.97 Å². The van der Waals surface area contributed by atoms with E-state index in [1.165, 1.54) is 25.7 Å². The van der Waals surface area contributed by atoms with Gasteiger partial charge in [0.15, 0.2) is 0 Å². The normalized spacial score (nSPS) is 24.1. The first-order chi connectivity index (χ1) is 8.31. The summed E-state index contributed by atoms with van der Waals surface area (Å²) in [6, 6.07) is 0.530. The molecule has 5 nitrogen and oxygen atoms in total. The van der Waals surface area contributed by atoms with E-state index in [9.17, 15) is 13.2 Å². The lowest BCUT2D eigenvalue weighted by Crippen LogP contribution is -2.35. The van der Waals surface area contributed by atoms with Crippen LogP contribution in [0.15, 0.2) is 0 Å². The van der Waals surface area contributed by atoms with Gasteiger partial charge in [-0.15, -0.1) is 0 Å².